The first-order valence-corrected chi connectivity index (χ1v) is 12.4. The summed E-state index contributed by atoms with van der Waals surface area (Å²) in [5.41, 5.74) is -1.55. The molecule has 5 atom stereocenters. The van der Waals surface area contributed by atoms with Crippen LogP contribution < -0.4 is 15.5 Å². The molecule has 8 nitrogen and oxygen atoms in total. The molecule has 5 rings (SSSR count). The highest BCUT2D eigenvalue weighted by Gasteiger charge is 2.76. The summed E-state index contributed by atoms with van der Waals surface area (Å²) >= 11 is 0. The van der Waals surface area contributed by atoms with Crippen LogP contribution in [-0.2, 0) is 19.1 Å². The number of carbonyl (C=O) groups is 4. The van der Waals surface area contributed by atoms with Gasteiger partial charge in [-0.1, -0.05) is 42.5 Å². The number of Topliss-reactive ketones (excluding diaryl/α,β-unsaturated/α-hetero) is 1. The summed E-state index contributed by atoms with van der Waals surface area (Å²) in [7, 11) is 0. The van der Waals surface area contributed by atoms with Gasteiger partial charge in [0.2, 0.25) is 17.7 Å². The largest absolute Gasteiger partial charge is 0.356 e. The molecule has 0 unspecified atom stereocenters. The smallest absolute Gasteiger partial charge is 0.246 e. The monoisotopic (exact) mass is 501 g/mol. The summed E-state index contributed by atoms with van der Waals surface area (Å²) in [6.45, 7) is 8.80. The molecule has 0 aliphatic carbocycles. The molecular weight excluding hydrogens is 470 g/mol. The van der Waals surface area contributed by atoms with Gasteiger partial charge in [-0.2, -0.15) is 0 Å². The highest BCUT2D eigenvalue weighted by molar-refractivity contribution is 6.12. The van der Waals surface area contributed by atoms with E-state index in [1.807, 2.05) is 39.0 Å². The maximum atomic E-state index is 14.2. The third kappa shape index (κ3) is 3.96. The van der Waals surface area contributed by atoms with Crippen molar-refractivity contribution in [3.8, 4) is 0 Å². The Kier molecular flexibility index (Phi) is 5.64. The second-order valence-corrected chi connectivity index (χ2v) is 11.2. The van der Waals surface area contributed by atoms with Crippen LogP contribution >= 0.6 is 0 Å². The Bertz CT molecular complexity index is 1330. The molecule has 0 aromatic heterocycles. The number of benzene rings is 2. The molecular formula is C29H31N3O5. The lowest BCUT2D eigenvalue weighted by molar-refractivity contribution is -0.131. The van der Waals surface area contributed by atoms with Gasteiger partial charge in [-0.15, -0.1) is 0 Å². The van der Waals surface area contributed by atoms with Crippen LogP contribution in [0.2, 0.25) is 0 Å². The van der Waals surface area contributed by atoms with Gasteiger partial charge in [-0.25, -0.2) is 0 Å². The van der Waals surface area contributed by atoms with Crippen LogP contribution in [0.1, 0.15) is 45.0 Å². The molecule has 0 radical (unpaired) electrons. The number of hydrogen-bond acceptors (Lipinski definition) is 5. The van der Waals surface area contributed by atoms with Crippen molar-refractivity contribution in [3.05, 3.63) is 72.3 Å². The first-order chi connectivity index (χ1) is 17.4. The first kappa shape index (κ1) is 24.9. The molecule has 2 bridgehead atoms. The summed E-state index contributed by atoms with van der Waals surface area (Å²) in [4.78, 5) is 55.2. The summed E-state index contributed by atoms with van der Waals surface area (Å²) in [5.74, 6) is -3.09. The topological polar surface area (TPSA) is 105 Å². The van der Waals surface area contributed by atoms with Crippen LogP contribution in [0.5, 0.6) is 0 Å². The van der Waals surface area contributed by atoms with Crippen molar-refractivity contribution in [2.75, 3.05) is 10.2 Å². The quantitative estimate of drug-likeness (QED) is 0.482. The fourth-order valence-electron chi connectivity index (χ4n) is 5.87. The number of rotatable bonds is 5. The van der Waals surface area contributed by atoms with E-state index in [0.29, 0.717) is 16.9 Å². The molecule has 2 saturated heterocycles. The number of carbonyl (C=O) groups excluding carboxylic acids is 4. The maximum absolute atomic E-state index is 14.2. The number of nitrogens with one attached hydrogen (secondary N) is 2. The van der Waals surface area contributed by atoms with Gasteiger partial charge >= 0.3 is 0 Å². The Labute approximate surface area is 216 Å². The minimum atomic E-state index is -1.34. The van der Waals surface area contributed by atoms with Crippen LogP contribution in [0.25, 0.3) is 0 Å². The Balaban J connectivity index is 1.61. The predicted octanol–water partition coefficient (Wildman–Crippen LogP) is 3.49. The van der Waals surface area contributed by atoms with E-state index in [2.05, 4.69) is 10.6 Å². The minimum Gasteiger partial charge on any atom is -0.356 e. The summed E-state index contributed by atoms with van der Waals surface area (Å²) in [6, 6.07) is 14.6. The van der Waals surface area contributed by atoms with Crippen molar-refractivity contribution in [3.63, 3.8) is 0 Å². The van der Waals surface area contributed by atoms with Crippen molar-refractivity contribution in [2.45, 2.75) is 57.4 Å². The second-order valence-electron chi connectivity index (χ2n) is 11.2. The number of para-hydroxylation sites is 1. The van der Waals surface area contributed by atoms with Crippen LogP contribution in [0, 0.1) is 11.8 Å². The number of ether oxygens (including phenoxy) is 1. The SMILES string of the molecule is CC(=O)c1cccc(N2C(=O)[C@H]3[C@@H](C(=O)Nc4ccccc4)[C@@]4(C)C=C[C@@]3(O4)[C@H]2C(=O)NC(C)(C)C)c1. The van der Waals surface area contributed by atoms with E-state index in [9.17, 15) is 19.2 Å². The van der Waals surface area contributed by atoms with Crippen molar-refractivity contribution < 1.29 is 23.9 Å². The normalized spacial score (nSPS) is 29.8. The summed E-state index contributed by atoms with van der Waals surface area (Å²) < 4.78 is 6.53. The van der Waals surface area contributed by atoms with Crippen molar-refractivity contribution >= 4 is 34.9 Å². The summed E-state index contributed by atoms with van der Waals surface area (Å²) in [5, 5.41) is 5.91. The van der Waals surface area contributed by atoms with E-state index in [-0.39, 0.29) is 11.7 Å². The molecule has 3 amide bonds. The Morgan fingerprint density at radius 1 is 0.973 bits per heavy atom. The first-order valence-electron chi connectivity index (χ1n) is 12.4. The average Bonchev–Trinajstić information content (AvgIpc) is 3.39. The Hall–Kier alpha value is -3.78. The van der Waals surface area contributed by atoms with Crippen LogP contribution in [0.15, 0.2) is 66.7 Å². The highest BCUT2D eigenvalue weighted by atomic mass is 16.5. The van der Waals surface area contributed by atoms with Gasteiger partial charge in [0, 0.05) is 22.5 Å². The lowest BCUT2D eigenvalue weighted by Gasteiger charge is -2.35. The molecule has 8 heteroatoms. The minimum absolute atomic E-state index is 0.160. The van der Waals surface area contributed by atoms with Gasteiger partial charge in [0.15, 0.2) is 5.78 Å². The predicted molar refractivity (Wildman–Crippen MR) is 139 cm³/mol. The molecule has 1 spiro atoms. The van der Waals surface area contributed by atoms with E-state index < -0.39 is 46.4 Å². The molecule has 3 heterocycles. The number of anilines is 2. The van der Waals surface area contributed by atoms with Crippen LogP contribution in [-0.4, -0.2) is 46.3 Å². The fourth-order valence-corrected chi connectivity index (χ4v) is 5.87. The zero-order valence-electron chi connectivity index (χ0n) is 21.6. The zero-order valence-corrected chi connectivity index (χ0v) is 21.6. The molecule has 3 aliphatic rings. The van der Waals surface area contributed by atoms with Crippen LogP contribution in [0.3, 0.4) is 0 Å². The van der Waals surface area contributed by atoms with E-state index in [1.165, 1.54) is 11.8 Å². The molecule has 37 heavy (non-hydrogen) atoms. The molecule has 3 aliphatic heterocycles. The van der Waals surface area contributed by atoms with Crippen molar-refractivity contribution in [1.82, 2.24) is 5.32 Å². The molecule has 2 aromatic rings. The molecule has 2 fully saturated rings. The lowest BCUT2D eigenvalue weighted by atomic mass is 9.70. The zero-order chi connectivity index (χ0) is 26.8. The summed E-state index contributed by atoms with van der Waals surface area (Å²) in [6.07, 6.45) is 3.56. The number of fused-ring (bicyclic) bond motifs is 1. The van der Waals surface area contributed by atoms with Gasteiger partial charge in [0.1, 0.15) is 11.6 Å². The number of hydrogen-bond donors (Lipinski definition) is 2. The van der Waals surface area contributed by atoms with E-state index in [1.54, 1.807) is 55.5 Å². The molecule has 0 saturated carbocycles. The standard InChI is InChI=1S/C29H31N3O5/c1-17(33)18-10-9-13-20(16-18)32-23(25(35)31-27(2,3)4)29-15-14-28(5,37-29)21(22(29)26(32)36)24(34)30-19-11-7-6-8-12-19/h6-16,21-23H,1-5H3,(H,30,34)(H,31,35)/t21-,22+,23+,28+,29-/m0/s1. The number of amides is 3. The third-order valence-corrected chi connectivity index (χ3v) is 7.30. The van der Waals surface area contributed by atoms with Gasteiger partial charge in [-0.05, 0) is 58.9 Å². The van der Waals surface area contributed by atoms with Crippen LogP contribution in [0.4, 0.5) is 11.4 Å². The van der Waals surface area contributed by atoms with Gasteiger partial charge in [0.05, 0.1) is 17.4 Å². The lowest BCUT2D eigenvalue weighted by Crippen LogP contribution is -2.58. The van der Waals surface area contributed by atoms with E-state index in [4.69, 9.17) is 4.74 Å². The fraction of sp³-hybridized carbons (Fsp3) is 0.379. The molecule has 2 aromatic carbocycles. The maximum Gasteiger partial charge on any atom is 0.246 e. The molecule has 2 N–H and O–H groups in total. The Morgan fingerprint density at radius 2 is 1.68 bits per heavy atom. The third-order valence-electron chi connectivity index (χ3n) is 7.30. The second kappa shape index (κ2) is 8.38. The average molecular weight is 502 g/mol. The van der Waals surface area contributed by atoms with Gasteiger partial charge in [0.25, 0.3) is 0 Å². The van der Waals surface area contributed by atoms with Crippen molar-refractivity contribution in [2.24, 2.45) is 11.8 Å². The molecule has 192 valence electrons. The van der Waals surface area contributed by atoms with E-state index in [0.717, 1.165) is 0 Å². The highest BCUT2D eigenvalue weighted by Crippen LogP contribution is 2.60. The number of ketones is 1. The van der Waals surface area contributed by atoms with Crippen molar-refractivity contribution in [1.29, 1.82) is 0 Å². The Morgan fingerprint density at radius 3 is 2.32 bits per heavy atom. The van der Waals surface area contributed by atoms with Gasteiger partial charge < -0.3 is 15.4 Å². The number of nitrogens with zero attached hydrogens (tertiary/aromatic N) is 1. The van der Waals surface area contributed by atoms with E-state index >= 15 is 0 Å². The van der Waals surface area contributed by atoms with Gasteiger partial charge in [-0.3, -0.25) is 24.1 Å².